The van der Waals surface area contributed by atoms with Gasteiger partial charge in [0.15, 0.2) is 0 Å². The van der Waals surface area contributed by atoms with Crippen molar-refractivity contribution in [1.82, 2.24) is 9.78 Å². The molecule has 1 aromatic rings. The highest BCUT2D eigenvalue weighted by atomic mass is 79.9. The van der Waals surface area contributed by atoms with Crippen LogP contribution in [0.1, 0.15) is 11.7 Å². The lowest BCUT2D eigenvalue weighted by Crippen LogP contribution is -2.31. The smallest absolute Gasteiger partial charge is 0.244 e. The van der Waals surface area contributed by atoms with E-state index in [0.717, 1.165) is 0 Å². The normalized spacial score (nSPS) is 17.4. The van der Waals surface area contributed by atoms with E-state index in [1.807, 2.05) is 0 Å². The van der Waals surface area contributed by atoms with Gasteiger partial charge < -0.3 is 4.74 Å². The summed E-state index contributed by atoms with van der Waals surface area (Å²) in [5.41, 5.74) is 0.409. The largest absolute Gasteiger partial charge is 0.377 e. The summed E-state index contributed by atoms with van der Waals surface area (Å²) in [7, 11) is 0. The molecule has 14 heavy (non-hydrogen) atoms. The van der Waals surface area contributed by atoms with Crippen LogP contribution in [0.4, 0.5) is 8.78 Å². The minimum atomic E-state index is -2.35. The lowest BCUT2D eigenvalue weighted by molar-refractivity contribution is -0.0288. The van der Waals surface area contributed by atoms with Gasteiger partial charge in [-0.05, 0) is 15.9 Å². The lowest BCUT2D eigenvalue weighted by atomic mass is 10.3. The first-order valence-corrected chi connectivity index (χ1v) is 5.05. The summed E-state index contributed by atoms with van der Waals surface area (Å²) in [5.74, 6) is 0. The van der Waals surface area contributed by atoms with Gasteiger partial charge in [-0.3, -0.25) is 4.68 Å². The Labute approximate surface area is 88.2 Å². The molecule has 0 atom stereocenters. The summed E-state index contributed by atoms with van der Waals surface area (Å²) in [6.45, 7) is 1.23. The third-order valence-corrected chi connectivity index (χ3v) is 2.76. The number of hydrogen-bond acceptors (Lipinski definition) is 2. The maximum atomic E-state index is 12.1. The molecule has 3 nitrogen and oxygen atoms in total. The molecule has 0 saturated carbocycles. The van der Waals surface area contributed by atoms with Gasteiger partial charge in [0.2, 0.25) is 6.43 Å². The topological polar surface area (TPSA) is 27.1 Å². The van der Waals surface area contributed by atoms with Gasteiger partial charge in [-0.25, -0.2) is 8.78 Å². The van der Waals surface area contributed by atoms with Gasteiger partial charge in [-0.15, -0.1) is 0 Å². The van der Waals surface area contributed by atoms with Crippen molar-refractivity contribution in [3.63, 3.8) is 0 Å². The summed E-state index contributed by atoms with van der Waals surface area (Å²) in [4.78, 5) is 0. The fourth-order valence-corrected chi connectivity index (χ4v) is 1.71. The van der Waals surface area contributed by atoms with E-state index in [0.29, 0.717) is 23.4 Å². The first-order valence-electron chi connectivity index (χ1n) is 4.26. The van der Waals surface area contributed by atoms with Crippen LogP contribution in [0.25, 0.3) is 0 Å². The van der Waals surface area contributed by atoms with Crippen molar-refractivity contribution >= 4 is 15.9 Å². The highest BCUT2D eigenvalue weighted by Crippen LogP contribution is 2.23. The predicted molar refractivity (Wildman–Crippen MR) is 49.5 cm³/mol. The molecular formula is C8H9BrF2N2O. The van der Waals surface area contributed by atoms with E-state index >= 15 is 0 Å². The Balaban J connectivity index is 2.12. The maximum absolute atomic E-state index is 12.1. The van der Waals surface area contributed by atoms with Crippen molar-refractivity contribution < 1.29 is 13.5 Å². The lowest BCUT2D eigenvalue weighted by Gasteiger charge is -2.25. The average Bonchev–Trinajstić information content (AvgIpc) is 2.27. The number of nitrogens with zero attached hydrogens (tertiary/aromatic N) is 2. The van der Waals surface area contributed by atoms with Crippen LogP contribution in [0.15, 0.2) is 10.7 Å². The van der Waals surface area contributed by atoms with Crippen molar-refractivity contribution in [2.75, 3.05) is 13.2 Å². The highest BCUT2D eigenvalue weighted by Gasteiger charge is 2.23. The highest BCUT2D eigenvalue weighted by molar-refractivity contribution is 9.10. The fraction of sp³-hybridized carbons (Fsp3) is 0.625. The van der Waals surface area contributed by atoms with E-state index in [-0.39, 0.29) is 12.5 Å². The molecule has 0 N–H and O–H groups in total. The molecule has 78 valence electrons. The molecule has 1 aromatic heterocycles. The van der Waals surface area contributed by atoms with E-state index in [1.54, 1.807) is 10.9 Å². The Kier molecular flexibility index (Phi) is 2.83. The Hall–Kier alpha value is -0.490. The quantitative estimate of drug-likeness (QED) is 0.837. The monoisotopic (exact) mass is 266 g/mol. The van der Waals surface area contributed by atoms with E-state index in [4.69, 9.17) is 4.74 Å². The molecule has 0 bridgehead atoms. The van der Waals surface area contributed by atoms with Crippen LogP contribution in [0.5, 0.6) is 0 Å². The number of aromatic nitrogens is 2. The third-order valence-electron chi connectivity index (χ3n) is 2.10. The summed E-state index contributed by atoms with van der Waals surface area (Å²) < 4.78 is 31.5. The zero-order valence-corrected chi connectivity index (χ0v) is 8.88. The molecule has 0 amide bonds. The van der Waals surface area contributed by atoms with Gasteiger partial charge in [-0.1, -0.05) is 0 Å². The number of alkyl halides is 2. The summed E-state index contributed by atoms with van der Waals surface area (Å²) >= 11 is 3.21. The first kappa shape index (κ1) is 10.0. The van der Waals surface area contributed by atoms with Crippen LogP contribution in [0.3, 0.4) is 0 Å². The predicted octanol–water partition coefficient (Wildman–Crippen LogP) is 2.02. The van der Waals surface area contributed by atoms with E-state index in [1.165, 1.54) is 0 Å². The third kappa shape index (κ3) is 1.95. The van der Waals surface area contributed by atoms with Crippen LogP contribution >= 0.6 is 15.9 Å². The minimum absolute atomic E-state index is 0.206. The van der Waals surface area contributed by atoms with Crippen LogP contribution in [0, 0.1) is 0 Å². The average molecular weight is 267 g/mol. The summed E-state index contributed by atoms with van der Waals surface area (Å²) in [6.07, 6.45) is -0.932. The van der Waals surface area contributed by atoms with Crippen molar-refractivity contribution in [3.8, 4) is 0 Å². The molecule has 0 spiro atoms. The van der Waals surface area contributed by atoms with Crippen molar-refractivity contribution in [3.05, 3.63) is 16.4 Å². The van der Waals surface area contributed by atoms with E-state index < -0.39 is 6.43 Å². The number of halogens is 3. The molecule has 0 aromatic carbocycles. The van der Waals surface area contributed by atoms with Crippen LogP contribution < -0.4 is 0 Å². The van der Waals surface area contributed by atoms with E-state index in [9.17, 15) is 8.78 Å². The minimum Gasteiger partial charge on any atom is -0.377 e. The van der Waals surface area contributed by atoms with Gasteiger partial charge in [0.25, 0.3) is 0 Å². The molecule has 1 fully saturated rings. The van der Waals surface area contributed by atoms with Crippen molar-refractivity contribution in [1.29, 1.82) is 0 Å². The molecule has 1 saturated heterocycles. The molecule has 6 heteroatoms. The summed E-state index contributed by atoms with van der Waals surface area (Å²) in [5, 5.41) is 4.08. The Morgan fingerprint density at radius 1 is 1.64 bits per heavy atom. The second kappa shape index (κ2) is 3.94. The molecule has 0 unspecified atom stereocenters. The molecule has 0 aliphatic carbocycles. The number of ether oxygens (including phenoxy) is 1. The Bertz CT molecular complexity index is 325. The molecule has 1 aliphatic rings. The Morgan fingerprint density at radius 3 is 2.86 bits per heavy atom. The number of rotatable bonds is 3. The van der Waals surface area contributed by atoms with Crippen molar-refractivity contribution in [2.45, 2.75) is 18.9 Å². The standard InChI is InChI=1S/C8H9BrF2N2O/c9-6-2-13(5-3-14-4-5)12-7(6)1-8(10)11/h2,5,8H,1,3-4H2. The second-order valence-electron chi connectivity index (χ2n) is 3.19. The van der Waals surface area contributed by atoms with Gasteiger partial charge in [0, 0.05) is 6.20 Å². The van der Waals surface area contributed by atoms with Gasteiger partial charge in [-0.2, -0.15) is 5.10 Å². The van der Waals surface area contributed by atoms with Crippen LogP contribution in [-0.4, -0.2) is 29.4 Å². The van der Waals surface area contributed by atoms with E-state index in [2.05, 4.69) is 21.0 Å². The molecule has 1 aliphatic heterocycles. The maximum Gasteiger partial charge on any atom is 0.244 e. The Morgan fingerprint density at radius 2 is 2.36 bits per heavy atom. The summed E-state index contributed by atoms with van der Waals surface area (Å²) in [6, 6.07) is 0.206. The van der Waals surface area contributed by atoms with Gasteiger partial charge >= 0.3 is 0 Å². The van der Waals surface area contributed by atoms with Gasteiger partial charge in [0.1, 0.15) is 0 Å². The first-order chi connectivity index (χ1) is 6.66. The van der Waals surface area contributed by atoms with Crippen LogP contribution in [0.2, 0.25) is 0 Å². The molecule has 0 radical (unpaired) electrons. The molecular weight excluding hydrogens is 258 g/mol. The second-order valence-corrected chi connectivity index (χ2v) is 4.04. The van der Waals surface area contributed by atoms with Gasteiger partial charge in [0.05, 0.1) is 35.8 Å². The SMILES string of the molecule is FC(F)Cc1nn(C2COC2)cc1Br. The zero-order valence-electron chi connectivity index (χ0n) is 7.29. The number of hydrogen-bond donors (Lipinski definition) is 0. The molecule has 2 heterocycles. The van der Waals surface area contributed by atoms with Crippen molar-refractivity contribution in [2.24, 2.45) is 0 Å². The fourth-order valence-electron chi connectivity index (χ4n) is 1.25. The van der Waals surface area contributed by atoms with Crippen LogP contribution in [-0.2, 0) is 11.2 Å². The molecule has 2 rings (SSSR count). The zero-order chi connectivity index (χ0) is 10.1.